The highest BCUT2D eigenvalue weighted by Gasteiger charge is 2.28. The van der Waals surface area contributed by atoms with Gasteiger partial charge in [-0.1, -0.05) is 12.1 Å². The van der Waals surface area contributed by atoms with E-state index in [-0.39, 0.29) is 11.1 Å². The molecule has 7 nitrogen and oxygen atoms in total. The van der Waals surface area contributed by atoms with Crippen molar-refractivity contribution in [3.8, 4) is 0 Å². The van der Waals surface area contributed by atoms with Gasteiger partial charge in [0.25, 0.3) is 11.5 Å². The molecule has 3 aromatic rings. The van der Waals surface area contributed by atoms with Crippen LogP contribution in [-0.4, -0.2) is 38.6 Å². The highest BCUT2D eigenvalue weighted by Crippen LogP contribution is 2.21. The van der Waals surface area contributed by atoms with Gasteiger partial charge in [-0.25, -0.2) is 17.6 Å². The van der Waals surface area contributed by atoms with Crippen molar-refractivity contribution in [3.05, 3.63) is 111 Å². The highest BCUT2D eigenvalue weighted by molar-refractivity contribution is 6.41. The largest absolute Gasteiger partial charge is 0.507 e. The first-order valence-corrected chi connectivity index (χ1v) is 12.1. The first-order valence-electron chi connectivity index (χ1n) is 12.1. The molecule has 3 N–H and O–H groups in total. The SMILES string of the molecule is O=C(C=C(O)c1cc(Cc2c(F)cccc2F)cn(Cc2c(F)cccc2F)c1=O)C(=O)N[C@H]1CCC[C@@H]1O. The number of pyridine rings is 1. The summed E-state index contributed by atoms with van der Waals surface area (Å²) in [5.74, 6) is -6.94. The lowest BCUT2D eigenvalue weighted by atomic mass is 10.0. The summed E-state index contributed by atoms with van der Waals surface area (Å²) >= 11 is 0. The van der Waals surface area contributed by atoms with Gasteiger partial charge in [0.05, 0.1) is 24.3 Å². The van der Waals surface area contributed by atoms with Crippen LogP contribution in [0.15, 0.2) is 59.5 Å². The normalized spacial score (nSPS) is 17.3. The number of hydrogen-bond donors (Lipinski definition) is 3. The van der Waals surface area contributed by atoms with Crippen molar-refractivity contribution < 1.29 is 37.4 Å². The van der Waals surface area contributed by atoms with Gasteiger partial charge in [0.1, 0.15) is 29.0 Å². The summed E-state index contributed by atoms with van der Waals surface area (Å²) in [7, 11) is 0. The summed E-state index contributed by atoms with van der Waals surface area (Å²) in [6.07, 6.45) is 1.97. The lowest BCUT2D eigenvalue weighted by molar-refractivity contribution is -0.136. The maximum absolute atomic E-state index is 14.3. The predicted molar refractivity (Wildman–Crippen MR) is 133 cm³/mol. The van der Waals surface area contributed by atoms with Crippen LogP contribution in [0, 0.1) is 23.3 Å². The zero-order chi connectivity index (χ0) is 28.3. The molecule has 0 bridgehead atoms. The van der Waals surface area contributed by atoms with E-state index in [2.05, 4.69) is 5.32 Å². The average molecular weight is 545 g/mol. The summed E-state index contributed by atoms with van der Waals surface area (Å²) in [5, 5.41) is 22.9. The third-order valence-corrected chi connectivity index (χ3v) is 6.54. The van der Waals surface area contributed by atoms with E-state index in [0.717, 1.165) is 53.2 Å². The number of nitrogens with zero attached hydrogens (tertiary/aromatic N) is 1. The molecule has 1 amide bonds. The Labute approximate surface area is 220 Å². The van der Waals surface area contributed by atoms with Crippen LogP contribution in [0.25, 0.3) is 5.76 Å². The molecule has 2 atom stereocenters. The Bertz CT molecular complexity index is 1480. The minimum absolute atomic E-state index is 0.0660. The van der Waals surface area contributed by atoms with Crippen LogP contribution in [-0.2, 0) is 22.6 Å². The van der Waals surface area contributed by atoms with E-state index in [4.69, 9.17) is 0 Å². The number of carbonyl (C=O) groups excluding carboxylic acids is 2. The number of amides is 1. The number of aromatic nitrogens is 1. The number of halogens is 4. The fraction of sp³-hybridized carbons (Fsp3) is 0.250. The summed E-state index contributed by atoms with van der Waals surface area (Å²) in [6.45, 7) is -0.640. The average Bonchev–Trinajstić information content (AvgIpc) is 3.29. The molecule has 1 aliphatic carbocycles. The number of aliphatic hydroxyl groups excluding tert-OH is 2. The second-order valence-corrected chi connectivity index (χ2v) is 9.24. The van der Waals surface area contributed by atoms with E-state index >= 15 is 0 Å². The van der Waals surface area contributed by atoms with Crippen molar-refractivity contribution in [2.75, 3.05) is 0 Å². The fourth-order valence-electron chi connectivity index (χ4n) is 4.47. The molecule has 11 heteroatoms. The molecule has 204 valence electrons. The molecule has 0 unspecified atom stereocenters. The smallest absolute Gasteiger partial charge is 0.292 e. The Balaban J connectivity index is 1.73. The molecule has 1 saturated carbocycles. The topological polar surface area (TPSA) is 109 Å². The zero-order valence-electron chi connectivity index (χ0n) is 20.5. The second kappa shape index (κ2) is 11.6. The minimum atomic E-state index is -1.22. The van der Waals surface area contributed by atoms with Crippen LogP contribution in [0.1, 0.15) is 41.5 Å². The molecular weight excluding hydrogens is 520 g/mol. The molecule has 1 aromatic heterocycles. The van der Waals surface area contributed by atoms with Crippen LogP contribution in [0.5, 0.6) is 0 Å². The van der Waals surface area contributed by atoms with Crippen LogP contribution in [0.2, 0.25) is 0 Å². The van der Waals surface area contributed by atoms with Crippen LogP contribution in [0.3, 0.4) is 0 Å². The number of aliphatic hydroxyl groups is 2. The quantitative estimate of drug-likeness (QED) is 0.174. The van der Waals surface area contributed by atoms with Crippen LogP contribution < -0.4 is 10.9 Å². The lowest BCUT2D eigenvalue weighted by Gasteiger charge is -2.15. The van der Waals surface area contributed by atoms with E-state index in [1.54, 1.807) is 0 Å². The van der Waals surface area contributed by atoms with E-state index in [0.29, 0.717) is 25.3 Å². The molecule has 1 heterocycles. The van der Waals surface area contributed by atoms with Crippen molar-refractivity contribution >= 4 is 17.4 Å². The van der Waals surface area contributed by atoms with Crippen molar-refractivity contribution in [1.29, 1.82) is 0 Å². The number of rotatable bonds is 8. The summed E-state index contributed by atoms with van der Waals surface area (Å²) < 4.78 is 58.1. The number of hydrogen-bond acceptors (Lipinski definition) is 5. The Kier molecular flexibility index (Phi) is 8.29. The van der Waals surface area contributed by atoms with Crippen molar-refractivity contribution in [3.63, 3.8) is 0 Å². The standard InChI is InChI=1S/C28H24F4N2O5/c29-19-4-1-5-20(30)16(19)10-15-11-17(25(36)12-26(37)27(38)33-23-8-3-9-24(23)35)28(39)34(13-15)14-18-21(31)6-2-7-22(18)32/h1-2,4-7,11-13,23-24,35-36H,3,8-10,14H2,(H,33,38)/t23-,24-/m0/s1. The predicted octanol–water partition coefficient (Wildman–Crippen LogP) is 3.54. The van der Waals surface area contributed by atoms with Gasteiger partial charge in [0.2, 0.25) is 5.78 Å². The maximum atomic E-state index is 14.3. The molecular formula is C28H24F4N2O5. The van der Waals surface area contributed by atoms with Gasteiger partial charge in [-0.05, 0) is 55.2 Å². The Hall–Kier alpha value is -4.25. The van der Waals surface area contributed by atoms with Gasteiger partial charge in [-0.15, -0.1) is 0 Å². The molecule has 0 spiro atoms. The Morgan fingerprint density at radius 3 is 2.13 bits per heavy atom. The number of benzene rings is 2. The fourth-order valence-corrected chi connectivity index (χ4v) is 4.47. The first-order chi connectivity index (χ1) is 18.5. The van der Waals surface area contributed by atoms with E-state index < -0.39 is 82.5 Å². The van der Waals surface area contributed by atoms with Gasteiger partial charge < -0.3 is 20.1 Å². The molecule has 39 heavy (non-hydrogen) atoms. The molecule has 4 rings (SSSR count). The zero-order valence-corrected chi connectivity index (χ0v) is 20.5. The maximum Gasteiger partial charge on any atom is 0.292 e. The number of nitrogens with one attached hydrogen (secondary N) is 1. The molecule has 0 radical (unpaired) electrons. The summed E-state index contributed by atoms with van der Waals surface area (Å²) in [5.41, 5.74) is -2.29. The highest BCUT2D eigenvalue weighted by atomic mass is 19.1. The first kappa shape index (κ1) is 27.8. The van der Waals surface area contributed by atoms with Gasteiger partial charge in [0, 0.05) is 29.8 Å². The molecule has 0 aliphatic heterocycles. The van der Waals surface area contributed by atoms with Crippen molar-refractivity contribution in [2.45, 2.75) is 44.4 Å². The minimum Gasteiger partial charge on any atom is -0.507 e. The van der Waals surface area contributed by atoms with Crippen LogP contribution in [0.4, 0.5) is 17.6 Å². The summed E-state index contributed by atoms with van der Waals surface area (Å²) in [6, 6.07) is 6.76. The summed E-state index contributed by atoms with van der Waals surface area (Å²) in [4.78, 5) is 37.9. The van der Waals surface area contributed by atoms with Crippen molar-refractivity contribution in [1.82, 2.24) is 9.88 Å². The van der Waals surface area contributed by atoms with Gasteiger partial charge in [-0.2, -0.15) is 0 Å². The Morgan fingerprint density at radius 1 is 0.974 bits per heavy atom. The number of ketones is 1. The van der Waals surface area contributed by atoms with E-state index in [9.17, 15) is 42.2 Å². The van der Waals surface area contributed by atoms with Crippen molar-refractivity contribution in [2.24, 2.45) is 0 Å². The van der Waals surface area contributed by atoms with E-state index in [1.165, 1.54) is 0 Å². The van der Waals surface area contributed by atoms with Gasteiger partial charge in [-0.3, -0.25) is 14.4 Å². The third kappa shape index (κ3) is 6.26. The molecule has 1 aliphatic rings. The lowest BCUT2D eigenvalue weighted by Crippen LogP contribution is -2.42. The molecule has 2 aromatic carbocycles. The Morgan fingerprint density at radius 2 is 1.56 bits per heavy atom. The molecule has 1 fully saturated rings. The second-order valence-electron chi connectivity index (χ2n) is 9.24. The van der Waals surface area contributed by atoms with Gasteiger partial charge >= 0.3 is 0 Å². The monoisotopic (exact) mass is 544 g/mol. The van der Waals surface area contributed by atoms with Crippen LogP contribution >= 0.6 is 0 Å². The van der Waals surface area contributed by atoms with E-state index in [1.807, 2.05) is 0 Å². The van der Waals surface area contributed by atoms with Gasteiger partial charge in [0.15, 0.2) is 0 Å². The third-order valence-electron chi connectivity index (χ3n) is 6.54. The molecule has 0 saturated heterocycles. The number of carbonyl (C=O) groups is 2.